The summed E-state index contributed by atoms with van der Waals surface area (Å²) in [7, 11) is 1.26. The molecular formula is C25H33N3O6. The first-order chi connectivity index (χ1) is 16.2. The molecular weight excluding hydrogens is 438 g/mol. The third-order valence-electron chi connectivity index (χ3n) is 6.40. The smallest absolute Gasteiger partial charge is 0.354 e. The maximum absolute atomic E-state index is 13.2. The maximum atomic E-state index is 13.2. The summed E-state index contributed by atoms with van der Waals surface area (Å²) in [5, 5.41) is 11.3. The molecule has 184 valence electrons. The normalized spacial score (nSPS) is 17.7. The van der Waals surface area contributed by atoms with Crippen LogP contribution in [0, 0.1) is 20.8 Å². The summed E-state index contributed by atoms with van der Waals surface area (Å²) < 4.78 is 10.6. The van der Waals surface area contributed by atoms with Crippen LogP contribution in [0.25, 0.3) is 5.76 Å². The van der Waals surface area contributed by atoms with E-state index in [1.807, 2.05) is 0 Å². The highest BCUT2D eigenvalue weighted by Crippen LogP contribution is 2.41. The van der Waals surface area contributed by atoms with Crippen LogP contribution in [-0.4, -0.2) is 70.8 Å². The van der Waals surface area contributed by atoms with Gasteiger partial charge in [0.15, 0.2) is 0 Å². The van der Waals surface area contributed by atoms with E-state index in [2.05, 4.69) is 23.7 Å². The van der Waals surface area contributed by atoms with E-state index in [-0.39, 0.29) is 17.0 Å². The number of ketones is 1. The second kappa shape index (κ2) is 10.3. The lowest BCUT2D eigenvalue weighted by Crippen LogP contribution is -2.33. The molecule has 0 saturated carbocycles. The summed E-state index contributed by atoms with van der Waals surface area (Å²) in [6, 6.07) is 2.61. The van der Waals surface area contributed by atoms with Crippen molar-refractivity contribution in [2.45, 2.75) is 47.1 Å². The number of Topliss-reactive ketones (excluding diaryl/α,β-unsaturated/α-hetero) is 1. The van der Waals surface area contributed by atoms with Gasteiger partial charge in [0.1, 0.15) is 29.0 Å². The zero-order valence-corrected chi connectivity index (χ0v) is 20.7. The summed E-state index contributed by atoms with van der Waals surface area (Å²) in [5.74, 6) is -1.36. The van der Waals surface area contributed by atoms with Crippen LogP contribution >= 0.6 is 0 Å². The Kier molecular flexibility index (Phi) is 7.66. The molecule has 3 heterocycles. The number of aromatic amines is 1. The summed E-state index contributed by atoms with van der Waals surface area (Å²) in [4.78, 5) is 45.0. The van der Waals surface area contributed by atoms with Crippen molar-refractivity contribution in [1.82, 2.24) is 14.8 Å². The number of aromatic nitrogens is 1. The average molecular weight is 472 g/mol. The number of rotatable bonds is 9. The van der Waals surface area contributed by atoms with Crippen LogP contribution in [0.15, 0.2) is 22.1 Å². The lowest BCUT2D eigenvalue weighted by Gasteiger charge is -2.25. The highest BCUT2D eigenvalue weighted by Gasteiger charge is 2.47. The quantitative estimate of drug-likeness (QED) is 0.249. The third-order valence-corrected chi connectivity index (χ3v) is 6.40. The second-order valence-electron chi connectivity index (χ2n) is 8.44. The van der Waals surface area contributed by atoms with Crippen molar-refractivity contribution >= 4 is 23.4 Å². The molecule has 2 aromatic rings. The highest BCUT2D eigenvalue weighted by atomic mass is 16.5. The number of aryl methyl sites for hydroxylation is 2. The molecule has 3 rings (SSSR count). The molecule has 34 heavy (non-hydrogen) atoms. The number of nitrogens with zero attached hydrogens (tertiary/aromatic N) is 2. The van der Waals surface area contributed by atoms with Crippen molar-refractivity contribution in [3.05, 3.63) is 51.7 Å². The van der Waals surface area contributed by atoms with Gasteiger partial charge < -0.3 is 29.0 Å². The van der Waals surface area contributed by atoms with Gasteiger partial charge in [-0.2, -0.15) is 0 Å². The van der Waals surface area contributed by atoms with E-state index in [4.69, 9.17) is 9.15 Å². The molecule has 1 amide bonds. The zero-order valence-electron chi connectivity index (χ0n) is 20.7. The average Bonchev–Trinajstić information content (AvgIpc) is 3.45. The number of aliphatic hydroxyl groups excluding tert-OH is 1. The number of amides is 1. The molecule has 1 saturated heterocycles. The zero-order chi connectivity index (χ0) is 25.2. The molecule has 9 heteroatoms. The number of esters is 1. The Bertz CT molecular complexity index is 1120. The molecule has 9 nitrogen and oxygen atoms in total. The molecule has 1 aliphatic rings. The predicted octanol–water partition coefficient (Wildman–Crippen LogP) is 3.47. The topological polar surface area (TPSA) is 116 Å². The maximum Gasteiger partial charge on any atom is 0.354 e. The Morgan fingerprint density at radius 1 is 1.21 bits per heavy atom. The van der Waals surface area contributed by atoms with Crippen molar-refractivity contribution in [3.8, 4) is 0 Å². The van der Waals surface area contributed by atoms with Crippen LogP contribution in [0.2, 0.25) is 0 Å². The number of carbonyl (C=O) groups excluding carboxylic acids is 3. The molecule has 0 aromatic carbocycles. The van der Waals surface area contributed by atoms with E-state index in [1.165, 1.54) is 12.0 Å². The molecule has 2 N–H and O–H groups in total. The first-order valence-electron chi connectivity index (χ1n) is 11.5. The number of carbonyl (C=O) groups is 3. The molecule has 1 fully saturated rings. The standard InChI is InChI=1S/C25H33N3O6/c1-7-27(8-2)12-9-13-28-21(17-11-10-14(3)34-17)19(23(30)24(28)31)22(29)18-15(4)20(25(32)33-6)26-16(18)5/h10-11,21,26,29H,7-9,12-13H2,1-6H3/t21-/m1/s1. The predicted molar refractivity (Wildman–Crippen MR) is 126 cm³/mol. The number of aliphatic hydroxyl groups is 1. The Morgan fingerprint density at radius 3 is 2.44 bits per heavy atom. The molecule has 0 unspecified atom stereocenters. The van der Waals surface area contributed by atoms with Crippen molar-refractivity contribution in [2.24, 2.45) is 0 Å². The largest absolute Gasteiger partial charge is 0.507 e. The summed E-state index contributed by atoms with van der Waals surface area (Å²) in [6.45, 7) is 12.2. The van der Waals surface area contributed by atoms with Crippen molar-refractivity contribution in [1.29, 1.82) is 0 Å². The van der Waals surface area contributed by atoms with Gasteiger partial charge in [-0.15, -0.1) is 0 Å². The van der Waals surface area contributed by atoms with Gasteiger partial charge in [0.05, 0.1) is 12.7 Å². The number of furan rings is 1. The Labute approximate surface area is 199 Å². The SMILES string of the molecule is CCN(CC)CCCN1C(=O)C(=O)C(=C(O)c2c(C)[nH]c(C(=O)OC)c2C)[C@H]1c1ccc(C)o1. The van der Waals surface area contributed by atoms with E-state index >= 15 is 0 Å². The van der Waals surface area contributed by atoms with Crippen LogP contribution in [0.1, 0.15) is 65.1 Å². The second-order valence-corrected chi connectivity index (χ2v) is 8.44. The fourth-order valence-corrected chi connectivity index (χ4v) is 4.56. The minimum absolute atomic E-state index is 0.0520. The number of methoxy groups -OCH3 is 1. The van der Waals surface area contributed by atoms with Gasteiger partial charge in [-0.1, -0.05) is 13.8 Å². The first kappa shape index (κ1) is 25.3. The monoisotopic (exact) mass is 471 g/mol. The van der Waals surface area contributed by atoms with E-state index in [9.17, 15) is 19.5 Å². The molecule has 1 aliphatic heterocycles. The number of ether oxygens (including phenoxy) is 1. The number of hydrogen-bond donors (Lipinski definition) is 2. The molecule has 2 aromatic heterocycles. The fraction of sp³-hybridized carbons (Fsp3) is 0.480. The molecule has 0 spiro atoms. The van der Waals surface area contributed by atoms with Gasteiger partial charge >= 0.3 is 5.97 Å². The lowest BCUT2D eigenvalue weighted by molar-refractivity contribution is -0.140. The van der Waals surface area contributed by atoms with Crippen LogP contribution in [0.3, 0.4) is 0 Å². The van der Waals surface area contributed by atoms with Crippen LogP contribution in [0.5, 0.6) is 0 Å². The Hall–Kier alpha value is -3.33. The number of hydrogen-bond acceptors (Lipinski definition) is 7. The molecule has 0 bridgehead atoms. The van der Waals surface area contributed by atoms with Gasteiger partial charge in [-0.05, 0) is 64.5 Å². The summed E-state index contributed by atoms with van der Waals surface area (Å²) >= 11 is 0. The van der Waals surface area contributed by atoms with Crippen LogP contribution < -0.4 is 0 Å². The van der Waals surface area contributed by atoms with Crippen molar-refractivity contribution in [3.63, 3.8) is 0 Å². The highest BCUT2D eigenvalue weighted by molar-refractivity contribution is 6.46. The Balaban J connectivity index is 2.09. The number of H-pyrrole nitrogens is 1. The van der Waals surface area contributed by atoms with Gasteiger partial charge in [0.25, 0.3) is 11.7 Å². The van der Waals surface area contributed by atoms with Crippen LogP contribution in [0.4, 0.5) is 0 Å². The molecule has 1 atom stereocenters. The molecule has 0 aliphatic carbocycles. The fourth-order valence-electron chi connectivity index (χ4n) is 4.56. The van der Waals surface area contributed by atoms with E-state index < -0.39 is 23.7 Å². The minimum atomic E-state index is -0.860. The molecule has 0 radical (unpaired) electrons. The van der Waals surface area contributed by atoms with Crippen LogP contribution in [-0.2, 0) is 14.3 Å². The minimum Gasteiger partial charge on any atom is -0.507 e. The van der Waals surface area contributed by atoms with Gasteiger partial charge in [-0.25, -0.2) is 4.79 Å². The van der Waals surface area contributed by atoms with E-state index in [1.54, 1.807) is 32.9 Å². The van der Waals surface area contributed by atoms with Gasteiger partial charge in [-0.3, -0.25) is 9.59 Å². The van der Waals surface area contributed by atoms with Gasteiger partial charge in [0.2, 0.25) is 0 Å². The summed E-state index contributed by atoms with van der Waals surface area (Å²) in [6.07, 6.45) is 0.666. The van der Waals surface area contributed by atoms with E-state index in [0.29, 0.717) is 41.3 Å². The number of likely N-dealkylation sites (tertiary alicyclic amines) is 1. The van der Waals surface area contributed by atoms with Crippen molar-refractivity contribution < 1.29 is 28.6 Å². The van der Waals surface area contributed by atoms with Crippen molar-refractivity contribution in [2.75, 3.05) is 33.3 Å². The summed E-state index contributed by atoms with van der Waals surface area (Å²) in [5.41, 5.74) is 1.35. The lowest BCUT2D eigenvalue weighted by atomic mass is 9.97. The first-order valence-corrected chi connectivity index (χ1v) is 11.5. The Morgan fingerprint density at radius 2 is 1.88 bits per heavy atom. The van der Waals surface area contributed by atoms with Gasteiger partial charge in [0, 0.05) is 17.8 Å². The van der Waals surface area contributed by atoms with E-state index in [0.717, 1.165) is 19.6 Å². The third kappa shape index (κ3) is 4.52. The number of nitrogens with one attached hydrogen (secondary N) is 1.